The lowest BCUT2D eigenvalue weighted by Crippen LogP contribution is -2.42. The largest absolute Gasteiger partial charge is 0.383 e. The first-order valence-corrected chi connectivity index (χ1v) is 5.77. The number of ether oxygens (including phenoxy) is 1. The average Bonchev–Trinajstić information content (AvgIpc) is 2.25. The zero-order chi connectivity index (χ0) is 12.6. The highest BCUT2D eigenvalue weighted by Crippen LogP contribution is 2.12. The van der Waals surface area contributed by atoms with Crippen molar-refractivity contribution in [2.24, 2.45) is 5.92 Å². The van der Waals surface area contributed by atoms with E-state index < -0.39 is 5.92 Å². The van der Waals surface area contributed by atoms with Gasteiger partial charge in [0.05, 0.1) is 12.7 Å². The Bertz CT molecular complexity index is 246. The maximum Gasteiger partial charge on any atom is 0.240 e. The van der Waals surface area contributed by atoms with Crippen molar-refractivity contribution in [3.63, 3.8) is 0 Å². The monoisotopic (exact) mass is 226 g/mol. The summed E-state index contributed by atoms with van der Waals surface area (Å²) in [5.74, 6) is -0.583. The van der Waals surface area contributed by atoms with Gasteiger partial charge in [-0.15, -0.1) is 0 Å². The lowest BCUT2D eigenvalue weighted by molar-refractivity contribution is -0.136. The molecular formula is C12H22N2O2. The summed E-state index contributed by atoms with van der Waals surface area (Å²) in [6.45, 7) is 6.94. The maximum absolute atomic E-state index is 12.1. The molecule has 0 saturated heterocycles. The van der Waals surface area contributed by atoms with Crippen LogP contribution in [-0.2, 0) is 9.53 Å². The van der Waals surface area contributed by atoms with E-state index >= 15 is 0 Å². The van der Waals surface area contributed by atoms with Crippen LogP contribution in [0, 0.1) is 17.2 Å². The Morgan fingerprint density at radius 2 is 2.12 bits per heavy atom. The van der Waals surface area contributed by atoms with Crippen LogP contribution in [0.4, 0.5) is 0 Å². The number of hydrogen-bond donors (Lipinski definition) is 0. The van der Waals surface area contributed by atoms with Crippen molar-refractivity contribution in [2.75, 3.05) is 20.3 Å². The molecule has 0 bridgehead atoms. The summed E-state index contributed by atoms with van der Waals surface area (Å²) in [5.41, 5.74) is 0. The Hall–Kier alpha value is -1.08. The highest BCUT2D eigenvalue weighted by Gasteiger charge is 2.24. The molecule has 0 N–H and O–H groups in total. The summed E-state index contributed by atoms with van der Waals surface area (Å²) in [5, 5.41) is 8.95. The van der Waals surface area contributed by atoms with Gasteiger partial charge in [0.2, 0.25) is 5.91 Å². The lowest BCUT2D eigenvalue weighted by Gasteiger charge is -2.28. The van der Waals surface area contributed by atoms with Crippen LogP contribution in [0.15, 0.2) is 0 Å². The second kappa shape index (κ2) is 8.12. The van der Waals surface area contributed by atoms with Gasteiger partial charge in [-0.1, -0.05) is 13.3 Å². The molecule has 0 spiro atoms. The smallest absolute Gasteiger partial charge is 0.240 e. The van der Waals surface area contributed by atoms with Gasteiger partial charge in [-0.05, 0) is 20.3 Å². The number of nitriles is 1. The third kappa shape index (κ3) is 4.63. The highest BCUT2D eigenvalue weighted by atomic mass is 16.5. The van der Waals surface area contributed by atoms with E-state index in [4.69, 9.17) is 10.00 Å². The number of methoxy groups -OCH3 is 1. The molecule has 1 amide bonds. The molecule has 0 aliphatic heterocycles. The quantitative estimate of drug-likeness (QED) is 0.665. The summed E-state index contributed by atoms with van der Waals surface area (Å²) in [6, 6.07) is 2.19. The number of rotatable bonds is 7. The van der Waals surface area contributed by atoms with Crippen LogP contribution in [0.3, 0.4) is 0 Å². The molecule has 0 fully saturated rings. The Morgan fingerprint density at radius 1 is 1.50 bits per heavy atom. The fraction of sp³-hybridized carbons (Fsp3) is 0.833. The van der Waals surface area contributed by atoms with Gasteiger partial charge in [-0.2, -0.15) is 5.26 Å². The molecule has 4 nitrogen and oxygen atoms in total. The van der Waals surface area contributed by atoms with E-state index in [0.29, 0.717) is 19.6 Å². The molecule has 92 valence electrons. The van der Waals surface area contributed by atoms with Crippen molar-refractivity contribution in [1.82, 2.24) is 4.90 Å². The number of hydrogen-bond acceptors (Lipinski definition) is 3. The Labute approximate surface area is 98.2 Å². The first-order chi connectivity index (χ1) is 7.58. The molecular weight excluding hydrogens is 204 g/mol. The number of carbonyl (C=O) groups is 1. The molecule has 16 heavy (non-hydrogen) atoms. The fourth-order valence-corrected chi connectivity index (χ4v) is 1.54. The third-order valence-corrected chi connectivity index (χ3v) is 2.47. The van der Waals surface area contributed by atoms with Gasteiger partial charge in [-0.25, -0.2) is 0 Å². The minimum atomic E-state index is -0.510. The molecule has 0 heterocycles. The van der Waals surface area contributed by atoms with E-state index in [2.05, 4.69) is 6.07 Å². The predicted octanol–water partition coefficient (Wildman–Crippen LogP) is 1.81. The van der Waals surface area contributed by atoms with Crippen molar-refractivity contribution >= 4 is 5.91 Å². The lowest BCUT2D eigenvalue weighted by atomic mass is 10.0. The van der Waals surface area contributed by atoms with E-state index in [-0.39, 0.29) is 11.9 Å². The van der Waals surface area contributed by atoms with Crippen molar-refractivity contribution in [3.05, 3.63) is 0 Å². The van der Waals surface area contributed by atoms with Crippen LogP contribution >= 0.6 is 0 Å². The first-order valence-electron chi connectivity index (χ1n) is 5.77. The average molecular weight is 226 g/mol. The molecule has 1 atom stereocenters. The van der Waals surface area contributed by atoms with E-state index in [9.17, 15) is 4.79 Å². The van der Waals surface area contributed by atoms with E-state index in [1.165, 1.54) is 0 Å². The summed E-state index contributed by atoms with van der Waals surface area (Å²) >= 11 is 0. The van der Waals surface area contributed by atoms with Gasteiger partial charge < -0.3 is 9.64 Å². The number of carbonyl (C=O) groups excluding carboxylic acids is 1. The van der Waals surface area contributed by atoms with Crippen molar-refractivity contribution in [2.45, 2.75) is 39.7 Å². The van der Waals surface area contributed by atoms with Crippen LogP contribution in [0.25, 0.3) is 0 Å². The number of amides is 1. The molecule has 0 aromatic carbocycles. The van der Waals surface area contributed by atoms with Crippen LogP contribution < -0.4 is 0 Å². The van der Waals surface area contributed by atoms with Gasteiger partial charge in [-0.3, -0.25) is 4.79 Å². The molecule has 0 aliphatic rings. The summed E-state index contributed by atoms with van der Waals surface area (Å²) in [4.78, 5) is 13.8. The zero-order valence-corrected chi connectivity index (χ0v) is 10.7. The van der Waals surface area contributed by atoms with Crippen LogP contribution in [0.1, 0.15) is 33.6 Å². The predicted molar refractivity (Wildman–Crippen MR) is 62.7 cm³/mol. The minimum absolute atomic E-state index is 0.0728. The Kier molecular flexibility index (Phi) is 7.57. The summed E-state index contributed by atoms with van der Waals surface area (Å²) < 4.78 is 4.97. The second-order valence-corrected chi connectivity index (χ2v) is 4.09. The summed E-state index contributed by atoms with van der Waals surface area (Å²) in [6.07, 6.45) is 1.48. The van der Waals surface area contributed by atoms with Crippen molar-refractivity contribution in [3.8, 4) is 6.07 Å². The second-order valence-electron chi connectivity index (χ2n) is 4.09. The van der Waals surface area contributed by atoms with E-state index in [1.807, 2.05) is 20.8 Å². The molecule has 1 unspecified atom stereocenters. The number of nitrogens with zero attached hydrogens (tertiary/aromatic N) is 2. The minimum Gasteiger partial charge on any atom is -0.383 e. The molecule has 0 radical (unpaired) electrons. The third-order valence-electron chi connectivity index (χ3n) is 2.47. The topological polar surface area (TPSA) is 53.3 Å². The highest BCUT2D eigenvalue weighted by molar-refractivity contribution is 5.81. The van der Waals surface area contributed by atoms with E-state index in [0.717, 1.165) is 6.42 Å². The molecule has 0 aromatic rings. The van der Waals surface area contributed by atoms with Gasteiger partial charge in [0.15, 0.2) is 0 Å². The van der Waals surface area contributed by atoms with E-state index in [1.54, 1.807) is 12.0 Å². The molecule has 0 aliphatic carbocycles. The van der Waals surface area contributed by atoms with Crippen LogP contribution in [0.5, 0.6) is 0 Å². The first kappa shape index (κ1) is 14.9. The van der Waals surface area contributed by atoms with Gasteiger partial charge in [0, 0.05) is 19.7 Å². The van der Waals surface area contributed by atoms with Gasteiger partial charge in [0.25, 0.3) is 0 Å². The van der Waals surface area contributed by atoms with Crippen molar-refractivity contribution in [1.29, 1.82) is 5.26 Å². The zero-order valence-electron chi connectivity index (χ0n) is 10.7. The van der Waals surface area contributed by atoms with Crippen molar-refractivity contribution < 1.29 is 9.53 Å². The standard InChI is InChI=1S/C12H22N2O2/c1-5-6-11(9-13)12(15)14(10(2)3)7-8-16-4/h10-11H,5-8H2,1-4H3. The SMILES string of the molecule is CCCC(C#N)C(=O)N(CCOC)C(C)C. The van der Waals surface area contributed by atoms with Crippen LogP contribution in [0.2, 0.25) is 0 Å². The van der Waals surface area contributed by atoms with Gasteiger partial charge in [0.1, 0.15) is 5.92 Å². The Morgan fingerprint density at radius 3 is 2.50 bits per heavy atom. The summed E-state index contributed by atoms with van der Waals surface area (Å²) in [7, 11) is 1.61. The fourth-order valence-electron chi connectivity index (χ4n) is 1.54. The molecule has 4 heteroatoms. The molecule has 0 saturated carbocycles. The Balaban J connectivity index is 4.52. The van der Waals surface area contributed by atoms with Crippen LogP contribution in [-0.4, -0.2) is 37.1 Å². The molecule has 0 aromatic heterocycles. The normalized spacial score (nSPS) is 12.2. The maximum atomic E-state index is 12.1. The van der Waals surface area contributed by atoms with Gasteiger partial charge >= 0.3 is 0 Å². The molecule has 0 rings (SSSR count).